The van der Waals surface area contributed by atoms with E-state index in [1.165, 1.54) is 10.9 Å². The number of ether oxygens (including phenoxy) is 1. The van der Waals surface area contributed by atoms with Gasteiger partial charge in [0.05, 0.1) is 12.6 Å². The van der Waals surface area contributed by atoms with Gasteiger partial charge in [-0.1, -0.05) is 0 Å². The number of fused-ring (bicyclic) bond motifs is 4. The van der Waals surface area contributed by atoms with Crippen LogP contribution in [0.2, 0.25) is 0 Å². The molecule has 8 nitrogen and oxygen atoms in total. The van der Waals surface area contributed by atoms with E-state index in [9.17, 15) is 9.59 Å². The second-order valence-electron chi connectivity index (χ2n) is 6.67. The fourth-order valence-electron chi connectivity index (χ4n) is 3.56. The van der Waals surface area contributed by atoms with Crippen LogP contribution in [0.5, 0.6) is 5.75 Å². The molecule has 0 bridgehead atoms. The Morgan fingerprint density at radius 1 is 1.03 bits per heavy atom. The number of nitrogens with zero attached hydrogens (tertiary/aromatic N) is 1. The Morgan fingerprint density at radius 3 is 2.30 bits per heavy atom. The Morgan fingerprint density at radius 2 is 1.70 bits per heavy atom. The molecule has 0 spiro atoms. The standard InChI is InChI=1S/C18H17N3O.C4H4O4/c1-9-12-6-7-20-18(19)16(12)10(2)15-13-8-11(22-3)4-5-14(13)21-17(9)15;5-3(6)1-2-4(7)8/h4-8,21H,1-3H3,(H2,19,20);1-2H,(H,5,6)(H,7,8)/b;2-1-. The summed E-state index contributed by atoms with van der Waals surface area (Å²) in [6.07, 6.45) is 2.88. The van der Waals surface area contributed by atoms with Crippen LogP contribution in [0.1, 0.15) is 11.1 Å². The lowest BCUT2D eigenvalue weighted by molar-refractivity contribution is -0.134. The lowest BCUT2D eigenvalue weighted by Gasteiger charge is -2.10. The number of aliphatic carboxylic acids is 2. The van der Waals surface area contributed by atoms with Crippen LogP contribution in [0.25, 0.3) is 32.6 Å². The first-order valence-electron chi connectivity index (χ1n) is 9.01. The van der Waals surface area contributed by atoms with Gasteiger partial charge in [-0.15, -0.1) is 0 Å². The maximum Gasteiger partial charge on any atom is 0.328 e. The predicted molar refractivity (Wildman–Crippen MR) is 116 cm³/mol. The first-order valence-corrected chi connectivity index (χ1v) is 9.01. The zero-order valence-corrected chi connectivity index (χ0v) is 16.7. The predicted octanol–water partition coefficient (Wildman–Crippen LogP) is 3.79. The first kappa shape index (κ1) is 20.7. The number of nitrogen functional groups attached to an aromatic ring is 1. The van der Waals surface area contributed by atoms with Gasteiger partial charge in [-0.25, -0.2) is 14.6 Å². The van der Waals surface area contributed by atoms with Gasteiger partial charge in [0.1, 0.15) is 11.6 Å². The van der Waals surface area contributed by atoms with Gasteiger partial charge in [-0.3, -0.25) is 0 Å². The minimum absolute atomic E-state index is 0.558. The fourth-order valence-corrected chi connectivity index (χ4v) is 3.56. The third kappa shape index (κ3) is 3.75. The highest BCUT2D eigenvalue weighted by molar-refractivity contribution is 6.18. The number of H-pyrrole nitrogens is 1. The van der Waals surface area contributed by atoms with E-state index in [4.69, 9.17) is 20.7 Å². The number of nitrogens with two attached hydrogens (primary N) is 1. The summed E-state index contributed by atoms with van der Waals surface area (Å²) in [5, 5.41) is 20.2. The van der Waals surface area contributed by atoms with Crippen molar-refractivity contribution in [2.24, 2.45) is 0 Å². The van der Waals surface area contributed by atoms with Crippen molar-refractivity contribution in [2.75, 3.05) is 12.8 Å². The van der Waals surface area contributed by atoms with Crippen molar-refractivity contribution < 1.29 is 24.5 Å². The molecular weight excluding hydrogens is 386 g/mol. The normalized spacial score (nSPS) is 11.0. The number of nitrogens with one attached hydrogen (secondary N) is 1. The highest BCUT2D eigenvalue weighted by atomic mass is 16.5. The number of aromatic amines is 1. The summed E-state index contributed by atoms with van der Waals surface area (Å²) in [5.41, 5.74) is 10.7. The quantitative estimate of drug-likeness (QED) is 0.379. The Bertz CT molecular complexity index is 1310. The van der Waals surface area contributed by atoms with Gasteiger partial charge in [0.15, 0.2) is 0 Å². The number of anilines is 1. The van der Waals surface area contributed by atoms with Crippen molar-refractivity contribution in [3.63, 3.8) is 0 Å². The SMILES string of the molecule is COc1ccc2[nH]c3c(C)c4ccnc(N)c4c(C)c3c2c1.O=C(O)/C=C\C(=O)O. The van der Waals surface area contributed by atoms with Crippen molar-refractivity contribution in [3.8, 4) is 5.75 Å². The molecule has 2 heterocycles. The van der Waals surface area contributed by atoms with Crippen molar-refractivity contribution >= 4 is 50.3 Å². The van der Waals surface area contributed by atoms with Crippen LogP contribution in [0.4, 0.5) is 5.82 Å². The number of rotatable bonds is 3. The molecular formula is C22H21N3O5. The van der Waals surface area contributed by atoms with Crippen molar-refractivity contribution in [1.82, 2.24) is 9.97 Å². The third-order valence-corrected chi connectivity index (χ3v) is 4.88. The molecule has 4 aromatic rings. The molecule has 4 rings (SSSR count). The summed E-state index contributed by atoms with van der Waals surface area (Å²) in [4.78, 5) is 26.9. The van der Waals surface area contributed by atoms with E-state index in [1.54, 1.807) is 13.3 Å². The molecule has 0 aliphatic rings. The molecule has 0 atom stereocenters. The van der Waals surface area contributed by atoms with Gasteiger partial charge in [0.2, 0.25) is 0 Å². The summed E-state index contributed by atoms with van der Waals surface area (Å²) in [6, 6.07) is 8.12. The van der Waals surface area contributed by atoms with Gasteiger partial charge in [-0.05, 0) is 54.6 Å². The van der Waals surface area contributed by atoms with Crippen LogP contribution in [0.3, 0.4) is 0 Å². The molecule has 0 unspecified atom stereocenters. The third-order valence-electron chi connectivity index (χ3n) is 4.88. The Balaban J connectivity index is 0.000000275. The maximum atomic E-state index is 9.55. The highest BCUT2D eigenvalue weighted by Crippen LogP contribution is 2.38. The van der Waals surface area contributed by atoms with Gasteiger partial charge >= 0.3 is 11.9 Å². The number of methoxy groups -OCH3 is 1. The number of aryl methyl sites for hydroxylation is 2. The number of hydrogen-bond acceptors (Lipinski definition) is 5. The van der Waals surface area contributed by atoms with E-state index in [0.29, 0.717) is 18.0 Å². The molecule has 0 radical (unpaired) electrons. The number of benzene rings is 2. The second-order valence-corrected chi connectivity index (χ2v) is 6.67. The van der Waals surface area contributed by atoms with E-state index in [-0.39, 0.29) is 0 Å². The molecule has 0 amide bonds. The number of aromatic nitrogens is 2. The molecule has 8 heteroatoms. The number of carbonyl (C=O) groups is 2. The number of hydrogen-bond donors (Lipinski definition) is 4. The maximum absolute atomic E-state index is 9.55. The highest BCUT2D eigenvalue weighted by Gasteiger charge is 2.16. The zero-order valence-electron chi connectivity index (χ0n) is 16.7. The molecule has 154 valence electrons. The monoisotopic (exact) mass is 407 g/mol. The van der Waals surface area contributed by atoms with Crippen LogP contribution in [-0.4, -0.2) is 39.2 Å². The Hall–Kier alpha value is -4.07. The molecule has 5 N–H and O–H groups in total. The molecule has 2 aromatic carbocycles. The summed E-state index contributed by atoms with van der Waals surface area (Å²) < 4.78 is 5.37. The molecule has 0 saturated carbocycles. The number of carboxylic acid groups (broad SMARTS) is 2. The van der Waals surface area contributed by atoms with E-state index >= 15 is 0 Å². The average molecular weight is 407 g/mol. The van der Waals surface area contributed by atoms with Crippen molar-refractivity contribution in [2.45, 2.75) is 13.8 Å². The summed E-state index contributed by atoms with van der Waals surface area (Å²) in [5.74, 6) is -1.08. The minimum atomic E-state index is -1.26. The molecule has 0 aliphatic heterocycles. The summed E-state index contributed by atoms with van der Waals surface area (Å²) in [7, 11) is 1.69. The topological polar surface area (TPSA) is 139 Å². The van der Waals surface area contributed by atoms with Crippen LogP contribution >= 0.6 is 0 Å². The van der Waals surface area contributed by atoms with Crippen LogP contribution in [0, 0.1) is 13.8 Å². The Labute approximate surface area is 171 Å². The van der Waals surface area contributed by atoms with E-state index in [0.717, 1.165) is 38.5 Å². The average Bonchev–Trinajstić information content (AvgIpc) is 3.10. The van der Waals surface area contributed by atoms with Crippen molar-refractivity contribution in [3.05, 3.63) is 53.7 Å². The van der Waals surface area contributed by atoms with Crippen molar-refractivity contribution in [1.29, 1.82) is 0 Å². The smallest absolute Gasteiger partial charge is 0.328 e. The van der Waals surface area contributed by atoms with Crippen LogP contribution < -0.4 is 10.5 Å². The molecule has 30 heavy (non-hydrogen) atoms. The zero-order chi connectivity index (χ0) is 22.0. The number of carboxylic acids is 2. The van der Waals surface area contributed by atoms with Gasteiger partial charge < -0.3 is 25.7 Å². The lowest BCUT2D eigenvalue weighted by atomic mass is 9.96. The van der Waals surface area contributed by atoms with E-state index in [2.05, 4.69) is 35.9 Å². The first-order chi connectivity index (χ1) is 14.2. The molecule has 0 saturated heterocycles. The lowest BCUT2D eigenvalue weighted by Crippen LogP contribution is -1.95. The van der Waals surface area contributed by atoms with Gasteiger partial charge in [0.25, 0.3) is 0 Å². The second kappa shape index (κ2) is 8.12. The molecule has 2 aromatic heterocycles. The number of pyridine rings is 1. The summed E-state index contributed by atoms with van der Waals surface area (Å²) >= 11 is 0. The minimum Gasteiger partial charge on any atom is -0.497 e. The summed E-state index contributed by atoms with van der Waals surface area (Å²) in [6.45, 7) is 4.23. The van der Waals surface area contributed by atoms with Gasteiger partial charge in [0, 0.05) is 40.0 Å². The van der Waals surface area contributed by atoms with Gasteiger partial charge in [-0.2, -0.15) is 0 Å². The van der Waals surface area contributed by atoms with Crippen LogP contribution in [-0.2, 0) is 9.59 Å². The van der Waals surface area contributed by atoms with E-state index in [1.807, 2.05) is 12.1 Å². The molecule has 0 aliphatic carbocycles. The fraction of sp³-hybridized carbons (Fsp3) is 0.136. The van der Waals surface area contributed by atoms with Crippen LogP contribution in [0.15, 0.2) is 42.6 Å². The Kier molecular flexibility index (Phi) is 5.59. The van der Waals surface area contributed by atoms with E-state index < -0.39 is 11.9 Å². The largest absolute Gasteiger partial charge is 0.497 e. The molecule has 0 fully saturated rings.